The van der Waals surface area contributed by atoms with Crippen molar-refractivity contribution in [3.05, 3.63) is 58.4 Å². The summed E-state index contributed by atoms with van der Waals surface area (Å²) < 4.78 is 76.2. The summed E-state index contributed by atoms with van der Waals surface area (Å²) in [4.78, 5) is 11.6. The molecule has 1 aromatic heterocycles. The standard InChI is InChI=1S/C18H13F3O6S/c1-10-6-17(22)26-15-9-14(11-4-3-5-12(7-11)25-2)16(8-13(10)15)27-28(23,24)18(19,20)21/h3-9H,1-2H3. The first-order valence-corrected chi connectivity index (χ1v) is 9.16. The van der Waals surface area contributed by atoms with Crippen molar-refractivity contribution in [2.24, 2.45) is 0 Å². The molecule has 0 spiro atoms. The molecule has 0 saturated heterocycles. The van der Waals surface area contributed by atoms with E-state index in [1.54, 1.807) is 12.1 Å². The Morgan fingerprint density at radius 1 is 1.07 bits per heavy atom. The molecule has 0 bridgehead atoms. The van der Waals surface area contributed by atoms with E-state index in [0.717, 1.165) is 12.1 Å². The van der Waals surface area contributed by atoms with Gasteiger partial charge in [-0.1, -0.05) is 12.1 Å². The van der Waals surface area contributed by atoms with E-state index in [2.05, 4.69) is 4.18 Å². The number of fused-ring (bicyclic) bond motifs is 1. The Labute approximate surface area is 157 Å². The van der Waals surface area contributed by atoms with Gasteiger partial charge in [0.15, 0.2) is 5.75 Å². The van der Waals surface area contributed by atoms with Gasteiger partial charge in [-0.05, 0) is 42.3 Å². The number of ether oxygens (including phenoxy) is 1. The first kappa shape index (κ1) is 19.7. The zero-order valence-corrected chi connectivity index (χ0v) is 15.3. The van der Waals surface area contributed by atoms with Crippen molar-refractivity contribution in [3.8, 4) is 22.6 Å². The summed E-state index contributed by atoms with van der Waals surface area (Å²) in [7, 11) is -4.51. The molecule has 0 aliphatic rings. The van der Waals surface area contributed by atoms with Crippen LogP contribution in [0.3, 0.4) is 0 Å². The number of benzene rings is 2. The molecule has 0 aliphatic carbocycles. The van der Waals surface area contributed by atoms with Crippen LogP contribution in [0.1, 0.15) is 5.56 Å². The quantitative estimate of drug-likeness (QED) is 0.365. The van der Waals surface area contributed by atoms with Crippen LogP contribution in [0.25, 0.3) is 22.1 Å². The van der Waals surface area contributed by atoms with Gasteiger partial charge >= 0.3 is 21.3 Å². The molecule has 0 fully saturated rings. The smallest absolute Gasteiger partial charge is 0.497 e. The van der Waals surface area contributed by atoms with Gasteiger partial charge in [-0.2, -0.15) is 21.6 Å². The average Bonchev–Trinajstić information content (AvgIpc) is 2.60. The molecule has 0 aliphatic heterocycles. The molecule has 3 rings (SSSR count). The SMILES string of the molecule is COc1cccc(-c2cc3oc(=O)cc(C)c3cc2OS(=O)(=O)C(F)(F)F)c1. The monoisotopic (exact) mass is 414 g/mol. The Morgan fingerprint density at radius 2 is 1.79 bits per heavy atom. The number of hydrogen-bond acceptors (Lipinski definition) is 6. The maximum Gasteiger partial charge on any atom is 0.534 e. The highest BCUT2D eigenvalue weighted by Gasteiger charge is 2.48. The molecule has 6 nitrogen and oxygen atoms in total. The lowest BCUT2D eigenvalue weighted by Crippen LogP contribution is -2.28. The van der Waals surface area contributed by atoms with Gasteiger partial charge in [-0.3, -0.25) is 0 Å². The summed E-state index contributed by atoms with van der Waals surface area (Å²) in [5, 5.41) is 0.235. The Balaban J connectivity index is 2.31. The molecular formula is C18H13F3O6S. The van der Waals surface area contributed by atoms with E-state index >= 15 is 0 Å². The van der Waals surface area contributed by atoms with Crippen LogP contribution in [0.4, 0.5) is 13.2 Å². The van der Waals surface area contributed by atoms with Crippen LogP contribution in [0.2, 0.25) is 0 Å². The zero-order valence-electron chi connectivity index (χ0n) is 14.5. The van der Waals surface area contributed by atoms with Crippen LogP contribution in [0.5, 0.6) is 11.5 Å². The van der Waals surface area contributed by atoms with Crippen molar-refractivity contribution in [2.45, 2.75) is 12.4 Å². The van der Waals surface area contributed by atoms with E-state index in [9.17, 15) is 26.4 Å². The highest BCUT2D eigenvalue weighted by atomic mass is 32.2. The van der Waals surface area contributed by atoms with Gasteiger partial charge in [0.05, 0.1) is 7.11 Å². The predicted molar refractivity (Wildman–Crippen MR) is 94.8 cm³/mol. The lowest BCUT2D eigenvalue weighted by molar-refractivity contribution is -0.0499. The summed E-state index contributed by atoms with van der Waals surface area (Å²) in [6, 6.07) is 9.63. The van der Waals surface area contributed by atoms with Crippen LogP contribution < -0.4 is 14.5 Å². The zero-order chi connectivity index (χ0) is 20.7. The molecule has 148 valence electrons. The van der Waals surface area contributed by atoms with Gasteiger partial charge in [-0.25, -0.2) is 4.79 Å². The summed E-state index contributed by atoms with van der Waals surface area (Å²) in [6.07, 6.45) is 0. The molecule has 0 N–H and O–H groups in total. The molecule has 0 radical (unpaired) electrons. The fourth-order valence-corrected chi connectivity index (χ4v) is 3.06. The first-order chi connectivity index (χ1) is 13.0. The molecule has 0 unspecified atom stereocenters. The Bertz CT molecular complexity index is 1210. The summed E-state index contributed by atoms with van der Waals surface area (Å²) in [5.41, 5.74) is -5.52. The molecule has 0 atom stereocenters. The molecule has 0 amide bonds. The Kier molecular flexibility index (Phi) is 4.84. The number of alkyl halides is 3. The van der Waals surface area contributed by atoms with Gasteiger partial charge in [-0.15, -0.1) is 0 Å². The second-order valence-corrected chi connectivity index (χ2v) is 7.35. The lowest BCUT2D eigenvalue weighted by Gasteiger charge is -2.15. The van der Waals surface area contributed by atoms with Gasteiger partial charge in [0, 0.05) is 17.0 Å². The van der Waals surface area contributed by atoms with Gasteiger partial charge in [0.1, 0.15) is 11.3 Å². The van der Waals surface area contributed by atoms with Crippen molar-refractivity contribution < 1.29 is 34.9 Å². The summed E-state index contributed by atoms with van der Waals surface area (Å²) in [6.45, 7) is 1.53. The maximum absolute atomic E-state index is 12.8. The molecular weight excluding hydrogens is 401 g/mol. The van der Waals surface area contributed by atoms with Crippen LogP contribution in [-0.4, -0.2) is 21.0 Å². The number of hydrogen-bond donors (Lipinski definition) is 0. The van der Waals surface area contributed by atoms with Crippen LogP contribution >= 0.6 is 0 Å². The molecule has 28 heavy (non-hydrogen) atoms. The first-order valence-electron chi connectivity index (χ1n) is 7.75. The van der Waals surface area contributed by atoms with Gasteiger partial charge in [0.2, 0.25) is 0 Å². The minimum absolute atomic E-state index is 0.0204. The predicted octanol–water partition coefficient (Wildman–Crippen LogP) is 4.01. The number of rotatable bonds is 4. The van der Waals surface area contributed by atoms with E-state index in [1.165, 1.54) is 32.2 Å². The fraction of sp³-hybridized carbons (Fsp3) is 0.167. The van der Waals surface area contributed by atoms with Crippen molar-refractivity contribution in [3.63, 3.8) is 0 Å². The molecule has 3 aromatic rings. The Hall–Kier alpha value is -3.01. The molecule has 0 saturated carbocycles. The Morgan fingerprint density at radius 3 is 2.43 bits per heavy atom. The van der Waals surface area contributed by atoms with E-state index < -0.39 is 27.0 Å². The second-order valence-electron chi connectivity index (χ2n) is 5.81. The maximum atomic E-state index is 12.8. The van der Waals surface area contributed by atoms with Crippen LogP contribution in [0, 0.1) is 6.92 Å². The van der Waals surface area contributed by atoms with E-state index in [-0.39, 0.29) is 16.5 Å². The van der Waals surface area contributed by atoms with Crippen LogP contribution in [0.15, 0.2) is 51.7 Å². The van der Waals surface area contributed by atoms with E-state index in [1.807, 2.05) is 0 Å². The number of aryl methyl sites for hydroxylation is 1. The fourth-order valence-electron chi connectivity index (χ4n) is 2.60. The third-order valence-electron chi connectivity index (χ3n) is 3.92. The molecule has 10 heteroatoms. The highest BCUT2D eigenvalue weighted by molar-refractivity contribution is 7.88. The summed E-state index contributed by atoms with van der Waals surface area (Å²) in [5.74, 6) is -0.178. The lowest BCUT2D eigenvalue weighted by atomic mass is 10.0. The van der Waals surface area contributed by atoms with E-state index in [0.29, 0.717) is 16.9 Å². The third kappa shape index (κ3) is 3.68. The average molecular weight is 414 g/mol. The van der Waals surface area contributed by atoms with Crippen LogP contribution in [-0.2, 0) is 10.1 Å². The largest absolute Gasteiger partial charge is 0.534 e. The second kappa shape index (κ2) is 6.86. The topological polar surface area (TPSA) is 82.8 Å². The van der Waals surface area contributed by atoms with Crippen molar-refractivity contribution in [2.75, 3.05) is 7.11 Å². The minimum atomic E-state index is -5.91. The number of halogens is 3. The number of methoxy groups -OCH3 is 1. The minimum Gasteiger partial charge on any atom is -0.497 e. The highest BCUT2D eigenvalue weighted by Crippen LogP contribution is 2.38. The van der Waals surface area contributed by atoms with Crippen molar-refractivity contribution >= 4 is 21.1 Å². The van der Waals surface area contributed by atoms with Crippen molar-refractivity contribution in [1.82, 2.24) is 0 Å². The molecule has 1 heterocycles. The summed E-state index contributed by atoms with van der Waals surface area (Å²) >= 11 is 0. The molecule has 2 aromatic carbocycles. The third-order valence-corrected chi connectivity index (χ3v) is 4.88. The van der Waals surface area contributed by atoms with Gasteiger partial charge in [0.25, 0.3) is 0 Å². The van der Waals surface area contributed by atoms with Gasteiger partial charge < -0.3 is 13.3 Å². The van der Waals surface area contributed by atoms with Crippen molar-refractivity contribution in [1.29, 1.82) is 0 Å². The van der Waals surface area contributed by atoms with E-state index in [4.69, 9.17) is 9.15 Å². The normalized spacial score (nSPS) is 12.2.